The number of H-pyrrole nitrogens is 1. The monoisotopic (exact) mass is 245 g/mol. The first-order chi connectivity index (χ1) is 7.59. The van der Waals surface area contributed by atoms with E-state index in [0.717, 1.165) is 12.8 Å². The van der Waals surface area contributed by atoms with Gasteiger partial charge in [-0.25, -0.2) is 13.1 Å². The first-order valence-corrected chi connectivity index (χ1v) is 6.78. The summed E-state index contributed by atoms with van der Waals surface area (Å²) >= 11 is 0. The van der Waals surface area contributed by atoms with Crippen LogP contribution < -0.4 is 4.72 Å². The van der Waals surface area contributed by atoms with Crippen LogP contribution in [0.5, 0.6) is 0 Å². The van der Waals surface area contributed by atoms with Crippen molar-refractivity contribution in [3.8, 4) is 0 Å². The van der Waals surface area contributed by atoms with Gasteiger partial charge in [0.2, 0.25) is 0 Å². The van der Waals surface area contributed by atoms with Crippen molar-refractivity contribution in [2.75, 3.05) is 0 Å². The van der Waals surface area contributed by atoms with E-state index < -0.39 is 16.1 Å². The maximum absolute atomic E-state index is 11.8. The molecule has 1 saturated carbocycles. The van der Waals surface area contributed by atoms with Crippen LogP contribution in [0, 0.1) is 0 Å². The summed E-state index contributed by atoms with van der Waals surface area (Å²) in [6.45, 7) is 0. The summed E-state index contributed by atoms with van der Waals surface area (Å²) in [6, 6.07) is 0.999. The van der Waals surface area contributed by atoms with E-state index in [-0.39, 0.29) is 11.1 Å². The number of rotatable bonds is 3. The van der Waals surface area contributed by atoms with Gasteiger partial charge in [0.25, 0.3) is 10.0 Å². The van der Waals surface area contributed by atoms with Gasteiger partial charge in [0.05, 0.1) is 12.3 Å². The molecule has 7 heteroatoms. The van der Waals surface area contributed by atoms with Crippen LogP contribution in [0.25, 0.3) is 0 Å². The number of hydrogen-bond donors (Lipinski definition) is 3. The molecule has 1 aliphatic rings. The van der Waals surface area contributed by atoms with Crippen LogP contribution in [-0.4, -0.2) is 35.9 Å². The molecule has 1 heterocycles. The Bertz CT molecular complexity index is 429. The van der Waals surface area contributed by atoms with E-state index >= 15 is 0 Å². The molecule has 1 aromatic heterocycles. The second-order valence-electron chi connectivity index (χ2n) is 4.00. The van der Waals surface area contributed by atoms with Gasteiger partial charge in [-0.15, -0.1) is 0 Å². The van der Waals surface area contributed by atoms with Gasteiger partial charge in [-0.3, -0.25) is 5.10 Å². The van der Waals surface area contributed by atoms with Crippen LogP contribution in [0.15, 0.2) is 17.3 Å². The molecule has 0 amide bonds. The molecule has 16 heavy (non-hydrogen) atoms. The highest BCUT2D eigenvalue weighted by Gasteiger charge is 2.28. The zero-order chi connectivity index (χ0) is 11.6. The van der Waals surface area contributed by atoms with Crippen molar-refractivity contribution in [3.05, 3.63) is 12.3 Å². The van der Waals surface area contributed by atoms with Gasteiger partial charge in [-0.05, 0) is 18.9 Å². The molecule has 0 bridgehead atoms. The second kappa shape index (κ2) is 4.52. The Labute approximate surface area is 94.1 Å². The lowest BCUT2D eigenvalue weighted by atomic mass is 9.93. The summed E-state index contributed by atoms with van der Waals surface area (Å²) in [5.74, 6) is 0. The number of aliphatic hydroxyl groups excluding tert-OH is 1. The average molecular weight is 245 g/mol. The second-order valence-corrected chi connectivity index (χ2v) is 5.68. The summed E-state index contributed by atoms with van der Waals surface area (Å²) in [7, 11) is -3.58. The fourth-order valence-corrected chi connectivity index (χ4v) is 3.12. The van der Waals surface area contributed by atoms with E-state index in [2.05, 4.69) is 14.9 Å². The quantitative estimate of drug-likeness (QED) is 0.698. The molecule has 2 unspecified atom stereocenters. The number of aliphatic hydroxyl groups is 1. The first-order valence-electron chi connectivity index (χ1n) is 5.29. The van der Waals surface area contributed by atoms with E-state index in [1.165, 1.54) is 12.3 Å². The molecule has 90 valence electrons. The van der Waals surface area contributed by atoms with E-state index in [1.807, 2.05) is 0 Å². The van der Waals surface area contributed by atoms with Crippen molar-refractivity contribution in [2.24, 2.45) is 0 Å². The zero-order valence-electron chi connectivity index (χ0n) is 8.76. The Balaban J connectivity index is 2.09. The molecule has 0 saturated heterocycles. The number of aromatic nitrogens is 2. The molecular weight excluding hydrogens is 230 g/mol. The van der Waals surface area contributed by atoms with Crippen molar-refractivity contribution in [2.45, 2.75) is 42.9 Å². The maximum Gasteiger partial charge on any atom is 0.257 e. The van der Waals surface area contributed by atoms with Crippen LogP contribution in [0.2, 0.25) is 0 Å². The van der Waals surface area contributed by atoms with E-state index in [1.54, 1.807) is 0 Å². The molecule has 1 aromatic rings. The third-order valence-corrected chi connectivity index (χ3v) is 4.22. The topological polar surface area (TPSA) is 95.1 Å². The third-order valence-electron chi connectivity index (χ3n) is 2.80. The number of aromatic amines is 1. The standard InChI is InChI=1S/C9H15N3O3S/c13-8-4-2-1-3-7(8)12-16(14,15)9-5-6-10-11-9/h5-8,12-13H,1-4H2,(H,10,11). The van der Waals surface area contributed by atoms with Gasteiger partial charge in [-0.2, -0.15) is 5.10 Å². The molecule has 6 nitrogen and oxygen atoms in total. The minimum atomic E-state index is -3.58. The largest absolute Gasteiger partial charge is 0.391 e. The minimum absolute atomic E-state index is 0.0327. The summed E-state index contributed by atoms with van der Waals surface area (Å²) in [5.41, 5.74) is 0. The van der Waals surface area contributed by atoms with Crippen molar-refractivity contribution in [1.29, 1.82) is 0 Å². The van der Waals surface area contributed by atoms with Crippen molar-refractivity contribution in [3.63, 3.8) is 0 Å². The summed E-state index contributed by atoms with van der Waals surface area (Å²) in [4.78, 5) is 0. The van der Waals surface area contributed by atoms with Gasteiger partial charge in [0.1, 0.15) is 0 Å². The lowest BCUT2D eigenvalue weighted by Crippen LogP contribution is -2.45. The normalized spacial score (nSPS) is 26.8. The first kappa shape index (κ1) is 11.6. The minimum Gasteiger partial charge on any atom is -0.391 e. The predicted molar refractivity (Wildman–Crippen MR) is 57.2 cm³/mol. The van der Waals surface area contributed by atoms with Crippen LogP contribution in [0.4, 0.5) is 0 Å². The number of sulfonamides is 1. The summed E-state index contributed by atoms with van der Waals surface area (Å²) in [6.07, 6.45) is 4.00. The average Bonchev–Trinajstić information content (AvgIpc) is 2.75. The Kier molecular flexibility index (Phi) is 3.27. The van der Waals surface area contributed by atoms with Crippen molar-refractivity contribution < 1.29 is 13.5 Å². The van der Waals surface area contributed by atoms with Gasteiger partial charge in [-0.1, -0.05) is 12.8 Å². The van der Waals surface area contributed by atoms with E-state index in [9.17, 15) is 13.5 Å². The van der Waals surface area contributed by atoms with Crippen LogP contribution in [0.3, 0.4) is 0 Å². The van der Waals surface area contributed by atoms with Gasteiger partial charge >= 0.3 is 0 Å². The highest BCUT2D eigenvalue weighted by Crippen LogP contribution is 2.19. The van der Waals surface area contributed by atoms with Crippen molar-refractivity contribution in [1.82, 2.24) is 14.9 Å². The van der Waals surface area contributed by atoms with E-state index in [0.29, 0.717) is 12.8 Å². The van der Waals surface area contributed by atoms with Gasteiger partial charge in [0, 0.05) is 6.04 Å². The SMILES string of the molecule is O=S(=O)(NC1CCCCC1O)c1ccn[nH]1. The Morgan fingerprint density at radius 1 is 1.44 bits per heavy atom. The lowest BCUT2D eigenvalue weighted by Gasteiger charge is -2.27. The smallest absolute Gasteiger partial charge is 0.257 e. The summed E-state index contributed by atoms with van der Waals surface area (Å²) < 4.78 is 26.1. The molecule has 2 rings (SSSR count). The van der Waals surface area contributed by atoms with Crippen LogP contribution >= 0.6 is 0 Å². The summed E-state index contributed by atoms with van der Waals surface area (Å²) in [5, 5.41) is 15.7. The van der Waals surface area contributed by atoms with Gasteiger partial charge < -0.3 is 5.11 Å². The molecule has 3 N–H and O–H groups in total. The molecule has 0 radical (unpaired) electrons. The van der Waals surface area contributed by atoms with Gasteiger partial charge in [0.15, 0.2) is 5.03 Å². The number of hydrogen-bond acceptors (Lipinski definition) is 4. The molecular formula is C9H15N3O3S. The third kappa shape index (κ3) is 2.42. The fourth-order valence-electron chi connectivity index (χ4n) is 1.90. The molecule has 0 aromatic carbocycles. The number of nitrogens with zero attached hydrogens (tertiary/aromatic N) is 1. The molecule has 0 aliphatic heterocycles. The van der Waals surface area contributed by atoms with Crippen LogP contribution in [0.1, 0.15) is 25.7 Å². The predicted octanol–water partition coefficient (Wildman–Crippen LogP) is -0.00850. The lowest BCUT2D eigenvalue weighted by molar-refractivity contribution is 0.101. The highest BCUT2D eigenvalue weighted by atomic mass is 32.2. The fraction of sp³-hybridized carbons (Fsp3) is 0.667. The highest BCUT2D eigenvalue weighted by molar-refractivity contribution is 7.89. The Hall–Kier alpha value is -0.920. The Morgan fingerprint density at radius 3 is 2.81 bits per heavy atom. The van der Waals surface area contributed by atoms with Crippen LogP contribution in [-0.2, 0) is 10.0 Å². The molecule has 2 atom stereocenters. The molecule has 1 aliphatic carbocycles. The zero-order valence-corrected chi connectivity index (χ0v) is 9.57. The van der Waals surface area contributed by atoms with Crippen molar-refractivity contribution >= 4 is 10.0 Å². The van der Waals surface area contributed by atoms with E-state index in [4.69, 9.17) is 0 Å². The maximum atomic E-state index is 11.8. The Morgan fingerprint density at radius 2 is 2.19 bits per heavy atom. The number of nitrogens with one attached hydrogen (secondary N) is 2. The molecule has 0 spiro atoms. The molecule has 1 fully saturated rings.